The minimum absolute atomic E-state index is 0.130. The molecule has 1 aliphatic heterocycles. The van der Waals surface area contributed by atoms with Crippen molar-refractivity contribution in [1.82, 2.24) is 4.90 Å². The lowest BCUT2D eigenvalue weighted by Crippen LogP contribution is -2.29. The van der Waals surface area contributed by atoms with Crippen LogP contribution in [0.2, 0.25) is 0 Å². The molecule has 1 amide bonds. The highest BCUT2D eigenvalue weighted by Crippen LogP contribution is 2.15. The first-order valence-corrected chi connectivity index (χ1v) is 4.70. The number of aliphatic hydroxyl groups excluding tert-OH is 1. The second kappa shape index (κ2) is 3.46. The largest absolute Gasteiger partial charge is 0.456 e. The van der Waals surface area contributed by atoms with Crippen LogP contribution in [0.25, 0.3) is 0 Å². The number of amides is 1. The van der Waals surface area contributed by atoms with Crippen LogP contribution < -0.4 is 0 Å². The summed E-state index contributed by atoms with van der Waals surface area (Å²) < 4.78 is 5.22. The second-order valence-corrected chi connectivity index (χ2v) is 3.60. The lowest BCUT2D eigenvalue weighted by molar-refractivity contribution is 0.0732. The van der Waals surface area contributed by atoms with Crippen LogP contribution in [0.15, 0.2) is 16.5 Å². The molecule has 1 saturated heterocycles. The number of hydrogen-bond donors (Lipinski definition) is 1. The van der Waals surface area contributed by atoms with Gasteiger partial charge in [0.15, 0.2) is 5.76 Å². The predicted molar refractivity (Wildman–Crippen MR) is 50.0 cm³/mol. The molecule has 0 aromatic carbocycles. The number of aryl methyl sites for hydroxylation is 1. The van der Waals surface area contributed by atoms with E-state index in [1.807, 2.05) is 0 Å². The highest BCUT2D eigenvalue weighted by Gasteiger charge is 2.26. The molecule has 2 rings (SSSR count). The molecule has 1 atom stereocenters. The summed E-state index contributed by atoms with van der Waals surface area (Å²) >= 11 is 0. The van der Waals surface area contributed by atoms with Crippen molar-refractivity contribution in [2.24, 2.45) is 0 Å². The Labute approximate surface area is 82.1 Å². The maximum Gasteiger partial charge on any atom is 0.289 e. The van der Waals surface area contributed by atoms with Crippen LogP contribution in [0, 0.1) is 6.92 Å². The lowest BCUT2D eigenvalue weighted by Gasteiger charge is -2.13. The average molecular weight is 195 g/mol. The molecule has 4 nitrogen and oxygen atoms in total. The zero-order valence-corrected chi connectivity index (χ0v) is 8.06. The van der Waals surface area contributed by atoms with Crippen LogP contribution in [0.5, 0.6) is 0 Å². The van der Waals surface area contributed by atoms with Crippen LogP contribution in [-0.2, 0) is 0 Å². The molecular weight excluding hydrogens is 182 g/mol. The topological polar surface area (TPSA) is 53.7 Å². The summed E-state index contributed by atoms with van der Waals surface area (Å²) in [5.41, 5.74) is 0. The minimum Gasteiger partial charge on any atom is -0.456 e. The van der Waals surface area contributed by atoms with Crippen molar-refractivity contribution < 1.29 is 14.3 Å². The van der Waals surface area contributed by atoms with E-state index in [2.05, 4.69) is 0 Å². The maximum absolute atomic E-state index is 11.7. The Morgan fingerprint density at radius 1 is 1.64 bits per heavy atom. The Kier molecular flexibility index (Phi) is 2.29. The van der Waals surface area contributed by atoms with Gasteiger partial charge in [0.2, 0.25) is 0 Å². The summed E-state index contributed by atoms with van der Waals surface area (Å²) in [5.74, 6) is 0.958. The van der Waals surface area contributed by atoms with E-state index in [0.717, 1.165) is 5.76 Å². The van der Waals surface area contributed by atoms with E-state index < -0.39 is 0 Å². The third kappa shape index (κ3) is 1.65. The molecule has 0 bridgehead atoms. The van der Waals surface area contributed by atoms with E-state index >= 15 is 0 Å². The molecule has 1 N–H and O–H groups in total. The van der Waals surface area contributed by atoms with E-state index in [9.17, 15) is 9.90 Å². The second-order valence-electron chi connectivity index (χ2n) is 3.60. The van der Waals surface area contributed by atoms with Crippen molar-refractivity contribution in [1.29, 1.82) is 0 Å². The van der Waals surface area contributed by atoms with Crippen molar-refractivity contribution in [3.8, 4) is 0 Å². The van der Waals surface area contributed by atoms with Gasteiger partial charge in [-0.2, -0.15) is 0 Å². The van der Waals surface area contributed by atoms with Gasteiger partial charge in [0.25, 0.3) is 5.91 Å². The number of furan rings is 1. The van der Waals surface area contributed by atoms with Crippen LogP contribution >= 0.6 is 0 Å². The van der Waals surface area contributed by atoms with Gasteiger partial charge in [0, 0.05) is 13.1 Å². The molecule has 0 aliphatic carbocycles. The van der Waals surface area contributed by atoms with E-state index in [-0.39, 0.29) is 12.0 Å². The Hall–Kier alpha value is -1.29. The van der Waals surface area contributed by atoms with Gasteiger partial charge in [-0.1, -0.05) is 0 Å². The summed E-state index contributed by atoms with van der Waals surface area (Å²) in [4.78, 5) is 13.3. The Bertz CT molecular complexity index is 345. The van der Waals surface area contributed by atoms with E-state index in [0.29, 0.717) is 25.3 Å². The molecule has 4 heteroatoms. The zero-order chi connectivity index (χ0) is 10.1. The molecule has 2 heterocycles. The minimum atomic E-state index is -0.380. The van der Waals surface area contributed by atoms with Crippen molar-refractivity contribution in [3.63, 3.8) is 0 Å². The molecular formula is C10H13NO3. The van der Waals surface area contributed by atoms with Gasteiger partial charge in [-0.05, 0) is 25.5 Å². The Morgan fingerprint density at radius 3 is 2.93 bits per heavy atom. The SMILES string of the molecule is Cc1ccc(C(=O)N2CCC(O)C2)o1. The first-order chi connectivity index (χ1) is 6.66. The number of nitrogens with zero attached hydrogens (tertiary/aromatic N) is 1. The fourth-order valence-electron chi connectivity index (χ4n) is 1.63. The fourth-order valence-corrected chi connectivity index (χ4v) is 1.63. The molecule has 1 unspecified atom stereocenters. The monoisotopic (exact) mass is 195 g/mol. The lowest BCUT2D eigenvalue weighted by atomic mass is 10.3. The molecule has 76 valence electrons. The van der Waals surface area contributed by atoms with Crippen LogP contribution in [-0.4, -0.2) is 35.1 Å². The molecule has 1 aromatic heterocycles. The highest BCUT2D eigenvalue weighted by molar-refractivity contribution is 5.91. The number of rotatable bonds is 1. The summed E-state index contributed by atoms with van der Waals surface area (Å²) in [6.45, 7) is 2.83. The van der Waals surface area contributed by atoms with Crippen molar-refractivity contribution in [3.05, 3.63) is 23.7 Å². The van der Waals surface area contributed by atoms with E-state index in [1.54, 1.807) is 24.0 Å². The number of aliphatic hydroxyl groups is 1. The van der Waals surface area contributed by atoms with Gasteiger partial charge in [0.05, 0.1) is 6.10 Å². The zero-order valence-electron chi connectivity index (χ0n) is 8.06. The van der Waals surface area contributed by atoms with E-state index in [1.165, 1.54) is 0 Å². The summed E-state index contributed by atoms with van der Waals surface area (Å²) in [6, 6.07) is 3.43. The van der Waals surface area contributed by atoms with Gasteiger partial charge < -0.3 is 14.4 Å². The van der Waals surface area contributed by atoms with E-state index in [4.69, 9.17) is 4.42 Å². The van der Waals surface area contributed by atoms with Crippen LogP contribution in [0.3, 0.4) is 0 Å². The van der Waals surface area contributed by atoms with Gasteiger partial charge in [-0.15, -0.1) is 0 Å². The van der Waals surface area contributed by atoms with Crippen LogP contribution in [0.1, 0.15) is 22.7 Å². The highest BCUT2D eigenvalue weighted by atomic mass is 16.4. The first-order valence-electron chi connectivity index (χ1n) is 4.70. The van der Waals surface area contributed by atoms with Gasteiger partial charge in [-0.25, -0.2) is 0 Å². The third-order valence-electron chi connectivity index (χ3n) is 2.40. The molecule has 0 radical (unpaired) electrons. The maximum atomic E-state index is 11.7. The molecule has 0 spiro atoms. The van der Waals surface area contributed by atoms with Gasteiger partial charge in [-0.3, -0.25) is 4.79 Å². The Balaban J connectivity index is 2.09. The fraction of sp³-hybridized carbons (Fsp3) is 0.500. The average Bonchev–Trinajstić information content (AvgIpc) is 2.73. The third-order valence-corrected chi connectivity index (χ3v) is 2.40. The number of hydrogen-bond acceptors (Lipinski definition) is 3. The van der Waals surface area contributed by atoms with Crippen molar-refractivity contribution >= 4 is 5.91 Å². The molecule has 0 saturated carbocycles. The Morgan fingerprint density at radius 2 is 2.43 bits per heavy atom. The summed E-state index contributed by atoms with van der Waals surface area (Å²) in [5, 5.41) is 9.28. The first kappa shape index (κ1) is 9.27. The van der Waals surface area contributed by atoms with Gasteiger partial charge in [0.1, 0.15) is 5.76 Å². The molecule has 1 aliphatic rings. The standard InChI is InChI=1S/C10H13NO3/c1-7-2-3-9(14-7)10(13)11-5-4-8(12)6-11/h2-3,8,12H,4-6H2,1H3. The summed E-state index contributed by atoms with van der Waals surface area (Å²) in [7, 11) is 0. The molecule has 1 fully saturated rings. The quantitative estimate of drug-likeness (QED) is 0.721. The molecule has 1 aromatic rings. The number of carbonyl (C=O) groups excluding carboxylic acids is 1. The predicted octanol–water partition coefficient (Wildman–Crippen LogP) is 0.795. The van der Waals surface area contributed by atoms with Crippen molar-refractivity contribution in [2.45, 2.75) is 19.4 Å². The normalized spacial score (nSPS) is 21.6. The van der Waals surface area contributed by atoms with Crippen LogP contribution in [0.4, 0.5) is 0 Å². The summed E-state index contributed by atoms with van der Waals surface area (Å²) in [6.07, 6.45) is 0.279. The number of likely N-dealkylation sites (tertiary alicyclic amines) is 1. The number of β-amino-alcohol motifs (C(OH)–C–C–N with tert-alkyl or cyclic N) is 1. The van der Waals surface area contributed by atoms with Crippen molar-refractivity contribution in [2.75, 3.05) is 13.1 Å². The van der Waals surface area contributed by atoms with Gasteiger partial charge >= 0.3 is 0 Å². The molecule has 14 heavy (non-hydrogen) atoms. The number of carbonyl (C=O) groups is 1. The smallest absolute Gasteiger partial charge is 0.289 e.